The molecular weight excluding hydrogens is 282 g/mol. The number of nitrogens with zero attached hydrogens (tertiary/aromatic N) is 1. The topological polar surface area (TPSA) is 64.4 Å². The summed E-state index contributed by atoms with van der Waals surface area (Å²) in [6, 6.07) is 7.22. The second-order valence-corrected chi connectivity index (χ2v) is 4.74. The van der Waals surface area contributed by atoms with Crippen molar-refractivity contribution in [3.8, 4) is 0 Å². The minimum Gasteiger partial charge on any atom is -0.398 e. The van der Waals surface area contributed by atoms with E-state index in [-0.39, 0.29) is 0 Å². The summed E-state index contributed by atoms with van der Waals surface area (Å²) in [4.78, 5) is 12.6. The zero-order valence-electron chi connectivity index (χ0n) is 11.0. The second kappa shape index (κ2) is 7.84. The summed E-state index contributed by atoms with van der Waals surface area (Å²) < 4.78 is 10.3. The molecule has 2 rings (SSSR count). The summed E-state index contributed by atoms with van der Waals surface area (Å²) in [7, 11) is 0. The van der Waals surface area contributed by atoms with Crippen LogP contribution in [0.15, 0.2) is 29.4 Å². The maximum Gasteiger partial charge on any atom is 0.432 e. The van der Waals surface area contributed by atoms with E-state index in [1.807, 2.05) is 12.1 Å². The number of morpholine rings is 1. The van der Waals surface area contributed by atoms with Crippen LogP contribution in [-0.4, -0.2) is 45.3 Å². The third-order valence-corrected chi connectivity index (χ3v) is 3.22. The molecule has 6 nitrogen and oxygen atoms in total. The minimum absolute atomic E-state index is 0.316. The molecular formula is C13H17ClN3O3+. The molecule has 0 aliphatic carbocycles. The van der Waals surface area contributed by atoms with Crippen molar-refractivity contribution in [2.45, 2.75) is 0 Å². The molecule has 1 aliphatic heterocycles. The average molecular weight is 299 g/mol. The van der Waals surface area contributed by atoms with Gasteiger partial charge in [-0.2, -0.15) is 5.10 Å². The number of halogens is 1. The van der Waals surface area contributed by atoms with Crippen LogP contribution < -0.4 is 10.3 Å². The van der Waals surface area contributed by atoms with Crippen molar-refractivity contribution >= 4 is 23.9 Å². The molecule has 0 radical (unpaired) electrons. The van der Waals surface area contributed by atoms with Crippen molar-refractivity contribution in [3.63, 3.8) is 0 Å². The van der Waals surface area contributed by atoms with Gasteiger partial charge >= 0.3 is 6.09 Å². The van der Waals surface area contributed by atoms with E-state index in [0.29, 0.717) is 25.0 Å². The highest BCUT2D eigenvalue weighted by Gasteiger charge is 2.15. The molecule has 20 heavy (non-hydrogen) atoms. The Bertz CT molecular complexity index is 476. The Morgan fingerprint density at radius 2 is 2.20 bits per heavy atom. The van der Waals surface area contributed by atoms with Crippen molar-refractivity contribution in [2.24, 2.45) is 5.10 Å². The summed E-state index contributed by atoms with van der Waals surface area (Å²) in [6.07, 6.45) is 0.901. The van der Waals surface area contributed by atoms with E-state index in [9.17, 15) is 4.79 Å². The number of ether oxygens (including phenoxy) is 2. The first kappa shape index (κ1) is 14.8. The number of benzene rings is 1. The summed E-state index contributed by atoms with van der Waals surface area (Å²) in [6.45, 7) is 3.40. The Morgan fingerprint density at radius 1 is 1.45 bits per heavy atom. The molecule has 1 aromatic rings. The molecule has 0 unspecified atom stereocenters. The molecule has 0 atom stereocenters. The second-order valence-electron chi connectivity index (χ2n) is 4.33. The fraction of sp³-hybridized carbons (Fsp3) is 0.385. The zero-order chi connectivity index (χ0) is 14.2. The van der Waals surface area contributed by atoms with Gasteiger partial charge in [0.1, 0.15) is 13.1 Å². The van der Waals surface area contributed by atoms with Gasteiger partial charge in [0.25, 0.3) is 0 Å². The first-order chi connectivity index (χ1) is 9.75. The van der Waals surface area contributed by atoms with Gasteiger partial charge in [0.15, 0.2) is 0 Å². The molecule has 0 saturated carbocycles. The van der Waals surface area contributed by atoms with Gasteiger partial charge in [-0.1, -0.05) is 29.8 Å². The standard InChI is InChI=1S/C13H16ClN3O3/c14-12-4-2-1-3-11(12)9-15-16-13(18)20-10-17-5-7-19-8-6-17/h1-4,9H,5-8,10H2,(H,16,18)/p+1/b15-9-. The molecule has 0 bridgehead atoms. The van der Waals surface area contributed by atoms with Crippen LogP contribution in [0.25, 0.3) is 0 Å². The number of quaternary nitrogens is 1. The van der Waals surface area contributed by atoms with Crippen molar-refractivity contribution in [3.05, 3.63) is 34.9 Å². The van der Waals surface area contributed by atoms with Gasteiger partial charge in [-0.25, -0.2) is 10.2 Å². The van der Waals surface area contributed by atoms with Gasteiger partial charge in [0, 0.05) is 10.6 Å². The highest BCUT2D eigenvalue weighted by atomic mass is 35.5. The maximum atomic E-state index is 11.4. The van der Waals surface area contributed by atoms with Gasteiger partial charge in [0.2, 0.25) is 6.73 Å². The molecule has 1 amide bonds. The number of carbonyl (C=O) groups excluding carboxylic acids is 1. The average Bonchev–Trinajstić information content (AvgIpc) is 2.48. The van der Waals surface area contributed by atoms with Gasteiger partial charge in [-0.3, -0.25) is 4.90 Å². The van der Waals surface area contributed by atoms with Crippen molar-refractivity contribution in [1.82, 2.24) is 5.43 Å². The first-order valence-corrected chi connectivity index (χ1v) is 6.75. The van der Waals surface area contributed by atoms with Gasteiger partial charge in [0.05, 0.1) is 19.4 Å². The van der Waals surface area contributed by atoms with E-state index in [4.69, 9.17) is 21.1 Å². The largest absolute Gasteiger partial charge is 0.432 e. The molecule has 1 fully saturated rings. The molecule has 1 saturated heterocycles. The normalized spacial score (nSPS) is 16.2. The summed E-state index contributed by atoms with van der Waals surface area (Å²) in [5.74, 6) is 0. The lowest BCUT2D eigenvalue weighted by molar-refractivity contribution is -0.924. The summed E-state index contributed by atoms with van der Waals surface area (Å²) in [5.41, 5.74) is 3.03. The Labute approximate surface area is 122 Å². The van der Waals surface area contributed by atoms with E-state index in [1.165, 1.54) is 11.1 Å². The fourth-order valence-electron chi connectivity index (χ4n) is 1.74. The van der Waals surface area contributed by atoms with Crippen LogP contribution in [0.3, 0.4) is 0 Å². The van der Waals surface area contributed by atoms with E-state index in [0.717, 1.165) is 18.7 Å². The van der Waals surface area contributed by atoms with Crippen LogP contribution in [-0.2, 0) is 9.47 Å². The first-order valence-electron chi connectivity index (χ1n) is 6.37. The molecule has 108 valence electrons. The molecule has 0 aromatic heterocycles. The van der Waals surface area contributed by atoms with Crippen molar-refractivity contribution < 1.29 is 19.2 Å². The summed E-state index contributed by atoms with van der Waals surface area (Å²) in [5, 5.41) is 4.37. The number of hydrogen-bond acceptors (Lipinski definition) is 4. The lowest BCUT2D eigenvalue weighted by Gasteiger charge is -2.22. The Hall–Kier alpha value is -1.63. The monoisotopic (exact) mass is 298 g/mol. The number of carbonyl (C=O) groups is 1. The molecule has 1 heterocycles. The summed E-state index contributed by atoms with van der Waals surface area (Å²) >= 11 is 5.95. The van der Waals surface area contributed by atoms with Gasteiger partial charge in [-0.05, 0) is 6.07 Å². The van der Waals surface area contributed by atoms with Gasteiger partial charge in [-0.15, -0.1) is 0 Å². The Morgan fingerprint density at radius 3 is 2.95 bits per heavy atom. The Balaban J connectivity index is 1.70. The van der Waals surface area contributed by atoms with E-state index < -0.39 is 6.09 Å². The van der Waals surface area contributed by atoms with Gasteiger partial charge < -0.3 is 9.47 Å². The third-order valence-electron chi connectivity index (χ3n) is 2.87. The smallest absolute Gasteiger partial charge is 0.398 e. The molecule has 0 spiro atoms. The number of rotatable bonds is 4. The number of amides is 1. The van der Waals surface area contributed by atoms with Crippen LogP contribution in [0.5, 0.6) is 0 Å². The molecule has 1 aromatic carbocycles. The van der Waals surface area contributed by atoms with E-state index in [2.05, 4.69) is 10.5 Å². The van der Waals surface area contributed by atoms with Crippen molar-refractivity contribution in [2.75, 3.05) is 33.0 Å². The quantitative estimate of drug-likeness (QED) is 0.620. The number of hydrogen-bond donors (Lipinski definition) is 2. The maximum absolute atomic E-state index is 11.4. The van der Waals surface area contributed by atoms with Crippen LogP contribution in [0.2, 0.25) is 5.02 Å². The molecule has 1 aliphatic rings. The zero-order valence-corrected chi connectivity index (χ0v) is 11.7. The third kappa shape index (κ3) is 4.80. The predicted octanol–water partition coefficient (Wildman–Crippen LogP) is 0.273. The highest BCUT2D eigenvalue weighted by molar-refractivity contribution is 6.33. The van der Waals surface area contributed by atoms with Crippen LogP contribution in [0.1, 0.15) is 5.56 Å². The lowest BCUT2D eigenvalue weighted by atomic mass is 10.2. The minimum atomic E-state index is -0.577. The highest BCUT2D eigenvalue weighted by Crippen LogP contribution is 2.11. The van der Waals surface area contributed by atoms with Crippen molar-refractivity contribution in [1.29, 1.82) is 0 Å². The number of hydrazone groups is 1. The molecule has 7 heteroatoms. The van der Waals surface area contributed by atoms with Crippen LogP contribution in [0, 0.1) is 0 Å². The van der Waals surface area contributed by atoms with Crippen LogP contribution in [0.4, 0.5) is 4.79 Å². The molecule has 2 N–H and O–H groups in total. The van der Waals surface area contributed by atoms with E-state index in [1.54, 1.807) is 12.1 Å². The van der Waals surface area contributed by atoms with Crippen LogP contribution >= 0.6 is 11.6 Å². The number of nitrogens with one attached hydrogen (secondary N) is 2. The fourth-order valence-corrected chi connectivity index (χ4v) is 1.92. The Kier molecular flexibility index (Phi) is 5.79. The SMILES string of the molecule is O=C(N/N=C\c1ccccc1Cl)OC[NH+]1CCOCC1. The lowest BCUT2D eigenvalue weighted by Crippen LogP contribution is -3.14. The predicted molar refractivity (Wildman–Crippen MR) is 75.0 cm³/mol. The van der Waals surface area contributed by atoms with E-state index >= 15 is 0 Å².